The Bertz CT molecular complexity index is 129. The van der Waals surface area contributed by atoms with Gasteiger partial charge in [0.15, 0.2) is 0 Å². The molecule has 0 heterocycles. The zero-order valence-electron chi connectivity index (χ0n) is 5.73. The van der Waals surface area contributed by atoms with Gasteiger partial charge in [0.1, 0.15) is 0 Å². The second-order valence-corrected chi connectivity index (χ2v) is 2.70. The van der Waals surface area contributed by atoms with Crippen LogP contribution in [-0.2, 0) is 9.63 Å². The summed E-state index contributed by atoms with van der Waals surface area (Å²) >= 11 is 0. The Morgan fingerprint density at radius 2 is 2.22 bits per heavy atom. The summed E-state index contributed by atoms with van der Waals surface area (Å²) in [6.07, 6.45) is 1.98. The number of amides is 1. The van der Waals surface area contributed by atoms with Crippen molar-refractivity contribution in [2.45, 2.75) is 19.8 Å². The summed E-state index contributed by atoms with van der Waals surface area (Å²) in [5.74, 6) is 0.00463. The van der Waals surface area contributed by atoms with Gasteiger partial charge in [-0.2, -0.15) is 0 Å². The normalized spacial score (nSPS) is 21.1. The van der Waals surface area contributed by atoms with Crippen molar-refractivity contribution in [3.05, 3.63) is 0 Å². The van der Waals surface area contributed by atoms with Crippen molar-refractivity contribution in [1.82, 2.24) is 5.48 Å². The summed E-state index contributed by atoms with van der Waals surface area (Å²) in [5.41, 5.74) is 2.19. The molecule has 0 aromatic rings. The highest BCUT2D eigenvalue weighted by Crippen LogP contribution is 2.44. The van der Waals surface area contributed by atoms with Crippen LogP contribution in [0.4, 0.5) is 0 Å². The Kier molecular flexibility index (Phi) is 1.45. The number of carbonyl (C=O) groups is 1. The van der Waals surface area contributed by atoms with E-state index in [0.717, 1.165) is 12.8 Å². The second kappa shape index (κ2) is 1.99. The van der Waals surface area contributed by atoms with Crippen LogP contribution in [0.2, 0.25) is 0 Å². The average Bonchev–Trinajstić information content (AvgIpc) is 2.50. The van der Waals surface area contributed by atoms with Crippen LogP contribution in [-0.4, -0.2) is 13.0 Å². The minimum Gasteiger partial charge on any atom is -0.277 e. The molecule has 3 heteroatoms. The van der Waals surface area contributed by atoms with E-state index in [9.17, 15) is 4.79 Å². The van der Waals surface area contributed by atoms with Gasteiger partial charge in [0, 0.05) is 5.41 Å². The molecule has 1 saturated carbocycles. The molecule has 0 saturated heterocycles. The molecule has 1 fully saturated rings. The average molecular weight is 129 g/mol. The Hall–Kier alpha value is -0.570. The number of rotatable bonds is 2. The van der Waals surface area contributed by atoms with Crippen LogP contribution in [0.5, 0.6) is 0 Å². The molecule has 1 aliphatic carbocycles. The molecular weight excluding hydrogens is 118 g/mol. The zero-order valence-corrected chi connectivity index (χ0v) is 5.73. The first-order valence-corrected chi connectivity index (χ1v) is 3.02. The van der Waals surface area contributed by atoms with Crippen molar-refractivity contribution < 1.29 is 9.63 Å². The molecule has 52 valence electrons. The van der Waals surface area contributed by atoms with Gasteiger partial charge in [-0.25, -0.2) is 5.48 Å². The van der Waals surface area contributed by atoms with E-state index in [1.54, 1.807) is 0 Å². The lowest BCUT2D eigenvalue weighted by Gasteiger charge is -2.05. The number of hydrogen-bond donors (Lipinski definition) is 1. The highest BCUT2D eigenvalue weighted by molar-refractivity contribution is 5.83. The Morgan fingerprint density at radius 1 is 1.67 bits per heavy atom. The topological polar surface area (TPSA) is 38.3 Å². The standard InChI is InChI=1S/C6H11NO2/c1-6(3-4-6)5(8)7-9-2/h3-4H2,1-2H3,(H,7,8). The van der Waals surface area contributed by atoms with Crippen LogP contribution >= 0.6 is 0 Å². The van der Waals surface area contributed by atoms with Gasteiger partial charge in [-0.15, -0.1) is 0 Å². The van der Waals surface area contributed by atoms with Crippen LogP contribution in [0.3, 0.4) is 0 Å². The Morgan fingerprint density at radius 3 is 2.56 bits per heavy atom. The molecule has 9 heavy (non-hydrogen) atoms. The second-order valence-electron chi connectivity index (χ2n) is 2.70. The van der Waals surface area contributed by atoms with E-state index in [-0.39, 0.29) is 11.3 Å². The molecule has 0 unspecified atom stereocenters. The van der Waals surface area contributed by atoms with E-state index in [2.05, 4.69) is 10.3 Å². The molecule has 0 aromatic carbocycles. The van der Waals surface area contributed by atoms with Gasteiger partial charge in [0.25, 0.3) is 0 Å². The predicted octanol–water partition coefficient (Wildman–Crippen LogP) is 0.464. The maximum Gasteiger partial charge on any atom is 0.249 e. The van der Waals surface area contributed by atoms with Crippen LogP contribution < -0.4 is 5.48 Å². The van der Waals surface area contributed by atoms with Crippen molar-refractivity contribution in [2.75, 3.05) is 7.11 Å². The molecule has 0 spiro atoms. The number of hydroxylamine groups is 1. The summed E-state index contributed by atoms with van der Waals surface area (Å²) in [7, 11) is 1.45. The lowest BCUT2D eigenvalue weighted by molar-refractivity contribution is -0.136. The molecular formula is C6H11NO2. The van der Waals surface area contributed by atoms with Crippen LogP contribution in [0.25, 0.3) is 0 Å². The van der Waals surface area contributed by atoms with E-state index in [4.69, 9.17) is 0 Å². The number of hydrogen-bond acceptors (Lipinski definition) is 2. The molecule has 0 aliphatic heterocycles. The van der Waals surface area contributed by atoms with Crippen molar-refractivity contribution in [3.63, 3.8) is 0 Å². The molecule has 0 aromatic heterocycles. The van der Waals surface area contributed by atoms with Gasteiger partial charge in [0.05, 0.1) is 7.11 Å². The third kappa shape index (κ3) is 1.21. The zero-order chi connectivity index (χ0) is 6.91. The highest BCUT2D eigenvalue weighted by atomic mass is 16.6. The summed E-state index contributed by atoms with van der Waals surface area (Å²) in [4.78, 5) is 15.4. The first-order valence-electron chi connectivity index (χ1n) is 3.02. The van der Waals surface area contributed by atoms with Crippen molar-refractivity contribution in [1.29, 1.82) is 0 Å². The molecule has 1 rings (SSSR count). The molecule has 0 atom stereocenters. The van der Waals surface area contributed by atoms with Crippen molar-refractivity contribution >= 4 is 5.91 Å². The summed E-state index contributed by atoms with van der Waals surface area (Å²) in [6.45, 7) is 1.93. The predicted molar refractivity (Wildman–Crippen MR) is 32.5 cm³/mol. The fraction of sp³-hybridized carbons (Fsp3) is 0.833. The van der Waals surface area contributed by atoms with Crippen molar-refractivity contribution in [2.24, 2.45) is 5.41 Å². The lowest BCUT2D eigenvalue weighted by atomic mass is 10.1. The van der Waals surface area contributed by atoms with Gasteiger partial charge in [-0.05, 0) is 12.8 Å². The number of carbonyl (C=O) groups excluding carboxylic acids is 1. The lowest BCUT2D eigenvalue weighted by Crippen LogP contribution is -2.29. The van der Waals surface area contributed by atoms with E-state index in [1.165, 1.54) is 7.11 Å². The maximum atomic E-state index is 10.9. The van der Waals surface area contributed by atoms with Gasteiger partial charge >= 0.3 is 0 Å². The van der Waals surface area contributed by atoms with Gasteiger partial charge in [0.2, 0.25) is 5.91 Å². The van der Waals surface area contributed by atoms with Crippen LogP contribution in [0, 0.1) is 5.41 Å². The largest absolute Gasteiger partial charge is 0.277 e. The molecule has 1 amide bonds. The quantitative estimate of drug-likeness (QED) is 0.550. The van der Waals surface area contributed by atoms with Crippen LogP contribution in [0.15, 0.2) is 0 Å². The van der Waals surface area contributed by atoms with Crippen LogP contribution in [0.1, 0.15) is 19.8 Å². The van der Waals surface area contributed by atoms with Crippen molar-refractivity contribution in [3.8, 4) is 0 Å². The summed E-state index contributed by atoms with van der Waals surface area (Å²) < 4.78 is 0. The Labute approximate surface area is 54.3 Å². The minimum absolute atomic E-state index is 0.00463. The van der Waals surface area contributed by atoms with Gasteiger partial charge < -0.3 is 0 Å². The third-order valence-corrected chi connectivity index (χ3v) is 1.74. The highest BCUT2D eigenvalue weighted by Gasteiger charge is 2.44. The monoisotopic (exact) mass is 129 g/mol. The first kappa shape index (κ1) is 6.55. The fourth-order valence-electron chi connectivity index (χ4n) is 0.630. The Balaban J connectivity index is 2.34. The van der Waals surface area contributed by atoms with E-state index in [1.807, 2.05) is 6.92 Å². The van der Waals surface area contributed by atoms with E-state index >= 15 is 0 Å². The summed E-state index contributed by atoms with van der Waals surface area (Å²) in [5, 5.41) is 0. The molecule has 1 N–H and O–H groups in total. The minimum atomic E-state index is -0.115. The number of nitrogens with one attached hydrogen (secondary N) is 1. The van der Waals surface area contributed by atoms with E-state index in [0.29, 0.717) is 0 Å². The van der Waals surface area contributed by atoms with Gasteiger partial charge in [-0.3, -0.25) is 9.63 Å². The molecule has 0 bridgehead atoms. The molecule has 1 aliphatic rings. The SMILES string of the molecule is CONC(=O)C1(C)CC1. The smallest absolute Gasteiger partial charge is 0.249 e. The maximum absolute atomic E-state index is 10.9. The first-order chi connectivity index (χ1) is 4.19. The van der Waals surface area contributed by atoms with Gasteiger partial charge in [-0.1, -0.05) is 6.92 Å². The molecule has 3 nitrogen and oxygen atoms in total. The fourth-order valence-corrected chi connectivity index (χ4v) is 0.630. The molecule has 0 radical (unpaired) electrons. The summed E-state index contributed by atoms with van der Waals surface area (Å²) in [6, 6.07) is 0. The van der Waals surface area contributed by atoms with E-state index < -0.39 is 0 Å². The third-order valence-electron chi connectivity index (χ3n) is 1.74.